The fourth-order valence-electron chi connectivity index (χ4n) is 1.33. The lowest BCUT2D eigenvalue weighted by Gasteiger charge is -2.05. The predicted octanol–water partition coefficient (Wildman–Crippen LogP) is -0.305. The van der Waals surface area contributed by atoms with E-state index in [1.165, 1.54) is 12.8 Å². The van der Waals surface area contributed by atoms with E-state index in [4.69, 9.17) is 5.73 Å². The second-order valence-corrected chi connectivity index (χ2v) is 4.51. The summed E-state index contributed by atoms with van der Waals surface area (Å²) >= 11 is 4.57. The van der Waals surface area contributed by atoms with Crippen molar-refractivity contribution in [3.05, 3.63) is 0 Å². The van der Waals surface area contributed by atoms with E-state index in [0.29, 0.717) is 6.54 Å². The molecule has 4 N–H and O–H groups in total. The SMILES string of the molecule is NC(=S)CNC(=O)C(=O)NCCCC1CC1. The molecule has 0 aromatic heterocycles. The molecule has 1 aliphatic rings. The molecule has 0 bridgehead atoms. The van der Waals surface area contributed by atoms with E-state index in [2.05, 4.69) is 22.9 Å². The van der Waals surface area contributed by atoms with Crippen molar-refractivity contribution in [1.82, 2.24) is 10.6 Å². The quantitative estimate of drug-likeness (QED) is 0.339. The molecule has 0 aromatic carbocycles. The van der Waals surface area contributed by atoms with E-state index < -0.39 is 11.8 Å². The summed E-state index contributed by atoms with van der Waals surface area (Å²) in [4.78, 5) is 22.5. The first-order chi connectivity index (χ1) is 7.59. The van der Waals surface area contributed by atoms with Crippen LogP contribution in [0.15, 0.2) is 0 Å². The normalized spacial score (nSPS) is 14.2. The van der Waals surface area contributed by atoms with Gasteiger partial charge in [-0.2, -0.15) is 0 Å². The Morgan fingerprint density at radius 3 is 2.44 bits per heavy atom. The number of carbonyl (C=O) groups is 2. The second kappa shape index (κ2) is 6.42. The third-order valence-electron chi connectivity index (χ3n) is 2.40. The number of nitrogens with two attached hydrogens (primary N) is 1. The average Bonchev–Trinajstić information content (AvgIpc) is 3.04. The standard InChI is InChI=1S/C10H17N3O2S/c11-8(16)6-13-10(15)9(14)12-5-1-2-7-3-4-7/h7H,1-6H2,(H2,11,16)(H,12,14)(H,13,15). The number of amides is 2. The summed E-state index contributed by atoms with van der Waals surface area (Å²) < 4.78 is 0. The zero-order valence-corrected chi connectivity index (χ0v) is 9.94. The number of hydrogen-bond acceptors (Lipinski definition) is 3. The molecule has 1 saturated carbocycles. The highest BCUT2D eigenvalue weighted by Crippen LogP contribution is 2.33. The van der Waals surface area contributed by atoms with Gasteiger partial charge in [-0.05, 0) is 18.8 Å². The summed E-state index contributed by atoms with van der Waals surface area (Å²) in [7, 11) is 0. The van der Waals surface area contributed by atoms with E-state index in [1.807, 2.05) is 0 Å². The van der Waals surface area contributed by atoms with Gasteiger partial charge in [-0.3, -0.25) is 9.59 Å². The van der Waals surface area contributed by atoms with Crippen molar-refractivity contribution in [2.45, 2.75) is 25.7 Å². The van der Waals surface area contributed by atoms with Crippen molar-refractivity contribution in [2.24, 2.45) is 11.7 Å². The Hall–Kier alpha value is -1.17. The molecular formula is C10H17N3O2S. The number of carbonyl (C=O) groups excluding carboxylic acids is 2. The number of hydrogen-bond donors (Lipinski definition) is 3. The van der Waals surface area contributed by atoms with Crippen LogP contribution in [0, 0.1) is 5.92 Å². The van der Waals surface area contributed by atoms with Gasteiger partial charge in [0, 0.05) is 6.54 Å². The van der Waals surface area contributed by atoms with Crippen LogP contribution in [0.3, 0.4) is 0 Å². The van der Waals surface area contributed by atoms with Gasteiger partial charge in [0.15, 0.2) is 0 Å². The molecule has 1 fully saturated rings. The van der Waals surface area contributed by atoms with Crippen LogP contribution in [0.4, 0.5) is 0 Å². The van der Waals surface area contributed by atoms with Crippen LogP contribution in [-0.2, 0) is 9.59 Å². The molecule has 2 amide bonds. The van der Waals surface area contributed by atoms with Gasteiger partial charge in [-0.25, -0.2) is 0 Å². The van der Waals surface area contributed by atoms with Crippen molar-refractivity contribution >= 4 is 29.0 Å². The fourth-order valence-corrected chi connectivity index (χ4v) is 1.40. The maximum Gasteiger partial charge on any atom is 0.309 e. The van der Waals surface area contributed by atoms with Gasteiger partial charge in [0.2, 0.25) is 0 Å². The Morgan fingerprint density at radius 1 is 1.25 bits per heavy atom. The van der Waals surface area contributed by atoms with Crippen LogP contribution < -0.4 is 16.4 Å². The van der Waals surface area contributed by atoms with Crippen molar-refractivity contribution in [3.63, 3.8) is 0 Å². The van der Waals surface area contributed by atoms with Gasteiger partial charge >= 0.3 is 11.8 Å². The van der Waals surface area contributed by atoms with Crippen LogP contribution >= 0.6 is 12.2 Å². The Kier molecular flexibility index (Phi) is 5.18. The third-order valence-corrected chi connectivity index (χ3v) is 2.55. The van der Waals surface area contributed by atoms with Gasteiger partial charge in [-0.1, -0.05) is 25.1 Å². The van der Waals surface area contributed by atoms with E-state index in [9.17, 15) is 9.59 Å². The van der Waals surface area contributed by atoms with Crippen molar-refractivity contribution in [3.8, 4) is 0 Å². The van der Waals surface area contributed by atoms with Gasteiger partial charge in [0.05, 0.1) is 11.5 Å². The van der Waals surface area contributed by atoms with E-state index in [0.717, 1.165) is 18.8 Å². The van der Waals surface area contributed by atoms with Gasteiger partial charge in [-0.15, -0.1) is 0 Å². The highest BCUT2D eigenvalue weighted by molar-refractivity contribution is 7.80. The van der Waals surface area contributed by atoms with Gasteiger partial charge in [0.25, 0.3) is 0 Å². The molecular weight excluding hydrogens is 226 g/mol. The Morgan fingerprint density at radius 2 is 1.88 bits per heavy atom. The highest BCUT2D eigenvalue weighted by atomic mass is 32.1. The first-order valence-corrected chi connectivity index (χ1v) is 5.84. The molecule has 1 rings (SSSR count). The summed E-state index contributed by atoms with van der Waals surface area (Å²) in [6.07, 6.45) is 4.68. The molecule has 0 radical (unpaired) electrons. The van der Waals surface area contributed by atoms with Crippen LogP contribution in [-0.4, -0.2) is 29.9 Å². The first-order valence-electron chi connectivity index (χ1n) is 5.44. The molecule has 90 valence electrons. The molecule has 0 spiro atoms. The van der Waals surface area contributed by atoms with E-state index in [-0.39, 0.29) is 11.5 Å². The molecule has 0 atom stereocenters. The van der Waals surface area contributed by atoms with E-state index >= 15 is 0 Å². The average molecular weight is 243 g/mol. The van der Waals surface area contributed by atoms with Crippen LogP contribution in [0.25, 0.3) is 0 Å². The number of rotatable bonds is 6. The zero-order valence-electron chi connectivity index (χ0n) is 9.12. The minimum absolute atomic E-state index is 0.0592. The second-order valence-electron chi connectivity index (χ2n) is 3.99. The summed E-state index contributed by atoms with van der Waals surface area (Å²) in [6, 6.07) is 0. The summed E-state index contributed by atoms with van der Waals surface area (Å²) in [5.41, 5.74) is 5.19. The lowest BCUT2D eigenvalue weighted by atomic mass is 10.2. The fraction of sp³-hybridized carbons (Fsp3) is 0.700. The van der Waals surface area contributed by atoms with Crippen molar-refractivity contribution in [2.75, 3.05) is 13.1 Å². The highest BCUT2D eigenvalue weighted by Gasteiger charge is 2.20. The van der Waals surface area contributed by atoms with Crippen LogP contribution in [0.2, 0.25) is 0 Å². The van der Waals surface area contributed by atoms with Crippen LogP contribution in [0.5, 0.6) is 0 Å². The Labute approximate surface area is 100 Å². The minimum atomic E-state index is -0.681. The third kappa shape index (κ3) is 5.65. The summed E-state index contributed by atoms with van der Waals surface area (Å²) in [5, 5.41) is 4.88. The van der Waals surface area contributed by atoms with Crippen LogP contribution in [0.1, 0.15) is 25.7 Å². The lowest BCUT2D eigenvalue weighted by molar-refractivity contribution is -0.139. The molecule has 0 unspecified atom stereocenters. The molecule has 0 heterocycles. The molecule has 6 heteroatoms. The zero-order chi connectivity index (χ0) is 12.0. The largest absolute Gasteiger partial charge is 0.392 e. The topological polar surface area (TPSA) is 84.2 Å². The van der Waals surface area contributed by atoms with Crippen molar-refractivity contribution < 1.29 is 9.59 Å². The maximum atomic E-state index is 11.2. The van der Waals surface area contributed by atoms with E-state index in [1.54, 1.807) is 0 Å². The number of nitrogens with one attached hydrogen (secondary N) is 2. The summed E-state index contributed by atoms with van der Waals surface area (Å²) in [6.45, 7) is 0.611. The smallest absolute Gasteiger partial charge is 0.309 e. The molecule has 0 saturated heterocycles. The van der Waals surface area contributed by atoms with Gasteiger partial charge in [0.1, 0.15) is 0 Å². The molecule has 5 nitrogen and oxygen atoms in total. The maximum absolute atomic E-state index is 11.2. The first kappa shape index (κ1) is 12.9. The Balaban J connectivity index is 2.03. The lowest BCUT2D eigenvalue weighted by Crippen LogP contribution is -2.43. The molecule has 1 aliphatic carbocycles. The molecule has 16 heavy (non-hydrogen) atoms. The summed E-state index contributed by atoms with van der Waals surface area (Å²) in [5.74, 6) is -0.452. The van der Waals surface area contributed by atoms with Gasteiger partial charge < -0.3 is 16.4 Å². The van der Waals surface area contributed by atoms with Crippen molar-refractivity contribution in [1.29, 1.82) is 0 Å². The molecule has 0 aliphatic heterocycles. The minimum Gasteiger partial charge on any atom is -0.392 e. The Bertz CT molecular complexity index is 290. The monoisotopic (exact) mass is 243 g/mol. The predicted molar refractivity (Wildman–Crippen MR) is 64.8 cm³/mol. The molecule has 0 aromatic rings. The number of thiocarbonyl (C=S) groups is 1.